The van der Waals surface area contributed by atoms with Crippen LogP contribution in [0.15, 0.2) is 22.7 Å². The normalized spacial score (nSPS) is 14.8. The van der Waals surface area contributed by atoms with Gasteiger partial charge in [-0.05, 0) is 62.5 Å². The average molecular weight is 466 g/mol. The zero-order chi connectivity index (χ0) is 25.2. The first-order valence-electron chi connectivity index (χ1n) is 10.7. The van der Waals surface area contributed by atoms with Crippen LogP contribution in [0.4, 0.5) is 0 Å². The number of carboxylic acids is 2. The highest BCUT2D eigenvalue weighted by Crippen LogP contribution is 2.25. The minimum Gasteiger partial charge on any atom is -0.494 e. The molecule has 3 heterocycles. The van der Waals surface area contributed by atoms with Crippen LogP contribution in [0.5, 0.6) is 5.88 Å². The van der Waals surface area contributed by atoms with Gasteiger partial charge in [-0.3, -0.25) is 14.4 Å². The Morgan fingerprint density at radius 2 is 1.62 bits per heavy atom. The van der Waals surface area contributed by atoms with Gasteiger partial charge in [0.25, 0.3) is 5.91 Å². The Hall–Kier alpha value is -4.14. The van der Waals surface area contributed by atoms with E-state index in [0.29, 0.717) is 38.8 Å². The number of hydrogen-bond acceptors (Lipinski definition) is 4. The minimum atomic E-state index is -0.976. The maximum atomic E-state index is 12.2. The molecule has 0 unspecified atom stereocenters. The van der Waals surface area contributed by atoms with E-state index in [1.807, 2.05) is 6.92 Å². The molecule has 0 saturated carbocycles. The molecular weight excluding hydrogens is 438 g/mol. The molecule has 0 spiro atoms. The molecule has 3 rings (SSSR count). The lowest BCUT2D eigenvalue weighted by molar-refractivity contribution is -0.137. The molecule has 1 aliphatic rings. The maximum Gasteiger partial charge on any atom is 0.303 e. The van der Waals surface area contributed by atoms with Gasteiger partial charge < -0.3 is 25.3 Å². The first kappa shape index (κ1) is 24.5. The molecule has 0 saturated heterocycles. The molecule has 5 N–H and O–H groups in total. The molecule has 2 aromatic rings. The average Bonchev–Trinajstić information content (AvgIpc) is 3.31. The molecule has 1 amide bonds. The van der Waals surface area contributed by atoms with Crippen molar-refractivity contribution in [1.29, 1.82) is 0 Å². The SMILES string of the molecule is C=Cc1c(C=c2[nH]c(=CC3=NC(=O)C(C)=C3CCC(=O)O)c(CCC(=O)O)c2C)[nH]c(O)c1C. The minimum absolute atomic E-state index is 0.0331. The number of amides is 1. The molecule has 0 fully saturated rings. The smallest absolute Gasteiger partial charge is 0.303 e. The lowest BCUT2D eigenvalue weighted by atomic mass is 10.00. The molecule has 0 radical (unpaired) electrons. The van der Waals surface area contributed by atoms with Crippen molar-refractivity contribution in [2.24, 2.45) is 4.99 Å². The van der Waals surface area contributed by atoms with Crippen LogP contribution in [0.2, 0.25) is 0 Å². The summed E-state index contributed by atoms with van der Waals surface area (Å²) in [7, 11) is 0. The second-order valence-corrected chi connectivity index (χ2v) is 8.17. The van der Waals surface area contributed by atoms with Gasteiger partial charge in [0.2, 0.25) is 0 Å². The summed E-state index contributed by atoms with van der Waals surface area (Å²) >= 11 is 0. The Labute approximate surface area is 195 Å². The van der Waals surface area contributed by atoms with Crippen molar-refractivity contribution in [3.05, 3.63) is 56.4 Å². The Morgan fingerprint density at radius 1 is 0.971 bits per heavy atom. The highest BCUT2D eigenvalue weighted by Gasteiger charge is 2.23. The molecule has 0 atom stereocenters. The number of nitrogens with one attached hydrogen (secondary N) is 2. The number of H-pyrrole nitrogens is 2. The van der Waals surface area contributed by atoms with E-state index in [1.54, 1.807) is 32.1 Å². The summed E-state index contributed by atoms with van der Waals surface area (Å²) in [6.07, 6.45) is 5.28. The Balaban J connectivity index is 2.18. The maximum absolute atomic E-state index is 12.2. The quantitative estimate of drug-likeness (QED) is 0.382. The van der Waals surface area contributed by atoms with E-state index >= 15 is 0 Å². The monoisotopic (exact) mass is 465 g/mol. The molecule has 2 aromatic heterocycles. The summed E-state index contributed by atoms with van der Waals surface area (Å²) in [5.41, 5.74) is 4.93. The zero-order valence-corrected chi connectivity index (χ0v) is 19.3. The molecule has 34 heavy (non-hydrogen) atoms. The summed E-state index contributed by atoms with van der Waals surface area (Å²) in [6, 6.07) is 0. The summed E-state index contributed by atoms with van der Waals surface area (Å²) in [5, 5.41) is 29.6. The van der Waals surface area contributed by atoms with E-state index < -0.39 is 17.8 Å². The fourth-order valence-corrected chi connectivity index (χ4v) is 4.03. The number of aromatic nitrogens is 2. The van der Waals surface area contributed by atoms with Crippen LogP contribution in [-0.2, 0) is 20.8 Å². The van der Waals surface area contributed by atoms with Crippen LogP contribution >= 0.6 is 0 Å². The van der Waals surface area contributed by atoms with Crippen LogP contribution < -0.4 is 10.7 Å². The molecule has 0 aliphatic carbocycles. The third kappa shape index (κ3) is 4.93. The third-order valence-corrected chi connectivity index (χ3v) is 6.01. The van der Waals surface area contributed by atoms with E-state index in [0.717, 1.165) is 16.7 Å². The van der Waals surface area contributed by atoms with Crippen molar-refractivity contribution in [2.75, 3.05) is 0 Å². The molecule has 1 aliphatic heterocycles. The number of aliphatic carboxylic acids is 2. The summed E-state index contributed by atoms with van der Waals surface area (Å²) in [5.74, 6) is -2.30. The highest BCUT2D eigenvalue weighted by atomic mass is 16.4. The Morgan fingerprint density at radius 3 is 2.24 bits per heavy atom. The van der Waals surface area contributed by atoms with Crippen LogP contribution in [0.25, 0.3) is 18.2 Å². The van der Waals surface area contributed by atoms with Crippen molar-refractivity contribution in [3.63, 3.8) is 0 Å². The van der Waals surface area contributed by atoms with Crippen LogP contribution in [0.3, 0.4) is 0 Å². The number of aromatic amines is 2. The zero-order valence-electron chi connectivity index (χ0n) is 19.3. The van der Waals surface area contributed by atoms with E-state index in [2.05, 4.69) is 21.5 Å². The van der Waals surface area contributed by atoms with Gasteiger partial charge in [0, 0.05) is 40.2 Å². The lowest BCUT2D eigenvalue weighted by Gasteiger charge is -2.03. The van der Waals surface area contributed by atoms with Gasteiger partial charge in [-0.15, -0.1) is 0 Å². The molecule has 0 aromatic carbocycles. The lowest BCUT2D eigenvalue weighted by Crippen LogP contribution is -2.16. The van der Waals surface area contributed by atoms with Gasteiger partial charge in [0.1, 0.15) is 0 Å². The molecule has 0 bridgehead atoms. The summed E-state index contributed by atoms with van der Waals surface area (Å²) < 4.78 is 0. The molecular formula is C25H27N3O6. The van der Waals surface area contributed by atoms with Crippen LogP contribution in [0.1, 0.15) is 54.1 Å². The predicted octanol–water partition coefficient (Wildman–Crippen LogP) is 2.10. The first-order chi connectivity index (χ1) is 16.0. The number of aromatic hydroxyl groups is 1. The van der Waals surface area contributed by atoms with Gasteiger partial charge in [-0.25, -0.2) is 4.99 Å². The van der Waals surface area contributed by atoms with E-state index in [4.69, 9.17) is 5.11 Å². The molecule has 178 valence electrons. The van der Waals surface area contributed by atoms with Crippen molar-refractivity contribution < 1.29 is 29.7 Å². The summed E-state index contributed by atoms with van der Waals surface area (Å²) in [6.45, 7) is 9.03. The second-order valence-electron chi connectivity index (χ2n) is 8.17. The van der Waals surface area contributed by atoms with Gasteiger partial charge in [0.15, 0.2) is 5.88 Å². The largest absolute Gasteiger partial charge is 0.494 e. The standard InChI is InChI=1S/C25H27N3O6/c1-5-15-13(3)24(33)27-19(15)10-18-12(2)16(6-8-22(29)30)20(26-18)11-21-17(7-9-23(31)32)14(4)25(34)28-21/h5,10-11,26-27,33H,1,6-9H2,2-4H3,(H,29,30)(H,31,32). The number of carboxylic acid groups (broad SMARTS) is 2. The van der Waals surface area contributed by atoms with E-state index in [-0.39, 0.29) is 31.6 Å². The molecule has 9 heteroatoms. The molecule has 9 nitrogen and oxygen atoms in total. The van der Waals surface area contributed by atoms with Gasteiger partial charge >= 0.3 is 11.9 Å². The number of carbonyl (C=O) groups excluding carboxylic acids is 1. The third-order valence-electron chi connectivity index (χ3n) is 6.01. The fraction of sp³-hybridized carbons (Fsp3) is 0.280. The highest BCUT2D eigenvalue weighted by molar-refractivity contribution is 6.31. The van der Waals surface area contributed by atoms with Gasteiger partial charge in [-0.2, -0.15) is 0 Å². The Bertz CT molecular complexity index is 1380. The number of carbonyl (C=O) groups is 3. The number of allylic oxidation sites excluding steroid dienone is 1. The van der Waals surface area contributed by atoms with Crippen molar-refractivity contribution in [3.8, 4) is 5.88 Å². The number of hydrogen-bond donors (Lipinski definition) is 5. The number of rotatable bonds is 9. The van der Waals surface area contributed by atoms with E-state index in [1.165, 1.54) is 0 Å². The number of nitrogens with zero attached hydrogens (tertiary/aromatic N) is 1. The summed E-state index contributed by atoms with van der Waals surface area (Å²) in [4.78, 5) is 44.8. The van der Waals surface area contributed by atoms with Gasteiger partial charge in [-0.1, -0.05) is 12.7 Å². The van der Waals surface area contributed by atoms with Gasteiger partial charge in [0.05, 0.1) is 11.4 Å². The van der Waals surface area contributed by atoms with Crippen LogP contribution in [0, 0.1) is 13.8 Å². The van der Waals surface area contributed by atoms with Crippen LogP contribution in [-0.4, -0.2) is 48.8 Å². The van der Waals surface area contributed by atoms with Crippen molar-refractivity contribution >= 4 is 41.8 Å². The predicted molar refractivity (Wildman–Crippen MR) is 128 cm³/mol. The Kier molecular flexibility index (Phi) is 7.05. The van der Waals surface area contributed by atoms with E-state index in [9.17, 15) is 24.6 Å². The first-order valence-corrected chi connectivity index (χ1v) is 10.7. The second kappa shape index (κ2) is 9.78. The van der Waals surface area contributed by atoms with Crippen molar-refractivity contribution in [1.82, 2.24) is 9.97 Å². The number of aliphatic imine (C=N–C) groups is 1. The topological polar surface area (TPSA) is 156 Å². The fourth-order valence-electron chi connectivity index (χ4n) is 4.03. The van der Waals surface area contributed by atoms with Crippen molar-refractivity contribution in [2.45, 2.75) is 46.5 Å².